The largest absolute Gasteiger partial charge is 0.492 e. The third kappa shape index (κ3) is 4.58. The van der Waals surface area contributed by atoms with Crippen LogP contribution >= 0.6 is 0 Å². The molecule has 90 valence electrons. The lowest BCUT2D eigenvalue weighted by molar-refractivity contribution is 0.0556. The number of benzene rings is 1. The van der Waals surface area contributed by atoms with Crippen molar-refractivity contribution in [2.75, 3.05) is 13.2 Å². The van der Waals surface area contributed by atoms with Crippen molar-refractivity contribution in [3.8, 4) is 18.1 Å². The lowest BCUT2D eigenvalue weighted by atomic mass is 10.2. The molecule has 0 radical (unpaired) electrons. The van der Waals surface area contributed by atoms with Crippen molar-refractivity contribution in [3.05, 3.63) is 29.8 Å². The van der Waals surface area contributed by atoms with Crippen LogP contribution in [-0.2, 0) is 4.74 Å². The summed E-state index contributed by atoms with van der Waals surface area (Å²) in [6.07, 6.45) is 5.00. The molecular formula is C13H15NO3. The third-order valence-corrected chi connectivity index (χ3v) is 1.87. The Bertz CT molecular complexity index is 421. The molecule has 0 saturated heterocycles. The summed E-state index contributed by atoms with van der Waals surface area (Å²) in [5, 5.41) is 0. The summed E-state index contributed by atoms with van der Waals surface area (Å²) in [6, 6.07) is 6.63. The van der Waals surface area contributed by atoms with Crippen LogP contribution in [0.3, 0.4) is 0 Å². The molecule has 0 saturated carbocycles. The Morgan fingerprint density at radius 1 is 1.59 bits per heavy atom. The van der Waals surface area contributed by atoms with E-state index in [0.717, 1.165) is 0 Å². The highest BCUT2D eigenvalue weighted by molar-refractivity contribution is 5.89. The zero-order chi connectivity index (χ0) is 12.7. The normalized spacial score (nSPS) is 11.4. The Labute approximate surface area is 101 Å². The van der Waals surface area contributed by atoms with E-state index >= 15 is 0 Å². The van der Waals surface area contributed by atoms with E-state index in [-0.39, 0.29) is 12.6 Å². The van der Waals surface area contributed by atoms with E-state index in [1.807, 2.05) is 6.92 Å². The first-order valence-electron chi connectivity index (χ1n) is 5.22. The van der Waals surface area contributed by atoms with E-state index in [4.69, 9.17) is 21.6 Å². The van der Waals surface area contributed by atoms with Gasteiger partial charge in [-0.1, -0.05) is 12.0 Å². The number of carbonyl (C=O) groups is 1. The van der Waals surface area contributed by atoms with E-state index in [1.165, 1.54) is 0 Å². The van der Waals surface area contributed by atoms with Gasteiger partial charge in [-0.3, -0.25) is 0 Å². The number of hydrogen-bond donors (Lipinski definition) is 1. The first-order chi connectivity index (χ1) is 8.13. The maximum atomic E-state index is 11.5. The van der Waals surface area contributed by atoms with Crippen molar-refractivity contribution in [2.24, 2.45) is 5.73 Å². The topological polar surface area (TPSA) is 61.5 Å². The number of carbonyl (C=O) groups excluding carboxylic acids is 1. The van der Waals surface area contributed by atoms with Crippen LogP contribution < -0.4 is 10.5 Å². The molecule has 0 aliphatic rings. The fourth-order valence-corrected chi connectivity index (χ4v) is 1.13. The predicted molar refractivity (Wildman–Crippen MR) is 64.7 cm³/mol. The Balaban J connectivity index is 2.65. The molecule has 0 aliphatic heterocycles. The van der Waals surface area contributed by atoms with Crippen molar-refractivity contribution in [2.45, 2.75) is 13.0 Å². The Hall–Kier alpha value is -1.99. The number of nitrogens with two attached hydrogens (primary N) is 1. The van der Waals surface area contributed by atoms with Gasteiger partial charge in [-0.25, -0.2) is 4.79 Å². The highest BCUT2D eigenvalue weighted by atomic mass is 16.5. The van der Waals surface area contributed by atoms with Crippen LogP contribution in [0.1, 0.15) is 17.3 Å². The van der Waals surface area contributed by atoms with Crippen molar-refractivity contribution in [1.29, 1.82) is 0 Å². The SMILES string of the molecule is C#CCOC(=O)c1cccc(OCC(C)N)c1. The Morgan fingerprint density at radius 3 is 3.00 bits per heavy atom. The molecule has 0 aliphatic carbocycles. The van der Waals surface area contributed by atoms with Crippen molar-refractivity contribution >= 4 is 5.97 Å². The zero-order valence-electron chi connectivity index (χ0n) is 9.68. The molecule has 1 atom stereocenters. The maximum absolute atomic E-state index is 11.5. The molecule has 0 bridgehead atoms. The second kappa shape index (κ2) is 6.56. The average molecular weight is 233 g/mol. The molecule has 0 heterocycles. The van der Waals surface area contributed by atoms with E-state index in [1.54, 1.807) is 24.3 Å². The van der Waals surface area contributed by atoms with E-state index < -0.39 is 5.97 Å². The summed E-state index contributed by atoms with van der Waals surface area (Å²) < 4.78 is 10.2. The number of terminal acetylenes is 1. The molecule has 0 spiro atoms. The lowest BCUT2D eigenvalue weighted by Gasteiger charge is -2.09. The molecular weight excluding hydrogens is 218 g/mol. The van der Waals surface area contributed by atoms with Crippen LogP contribution in [0.25, 0.3) is 0 Å². The van der Waals surface area contributed by atoms with Crippen LogP contribution in [0.5, 0.6) is 5.75 Å². The van der Waals surface area contributed by atoms with Gasteiger partial charge in [0.15, 0.2) is 6.61 Å². The van der Waals surface area contributed by atoms with Crippen molar-refractivity contribution < 1.29 is 14.3 Å². The number of hydrogen-bond acceptors (Lipinski definition) is 4. The minimum Gasteiger partial charge on any atom is -0.492 e. The molecule has 17 heavy (non-hydrogen) atoms. The highest BCUT2D eigenvalue weighted by Gasteiger charge is 2.07. The van der Waals surface area contributed by atoms with Gasteiger partial charge in [-0.2, -0.15) is 0 Å². The first-order valence-corrected chi connectivity index (χ1v) is 5.22. The molecule has 0 fully saturated rings. The van der Waals surface area contributed by atoms with E-state index in [0.29, 0.717) is 17.9 Å². The summed E-state index contributed by atoms with van der Waals surface area (Å²) in [7, 11) is 0. The van der Waals surface area contributed by atoms with Gasteiger partial charge < -0.3 is 15.2 Å². The molecule has 0 amide bonds. The van der Waals surface area contributed by atoms with Gasteiger partial charge in [0, 0.05) is 6.04 Å². The van der Waals surface area contributed by atoms with Gasteiger partial charge in [0.2, 0.25) is 0 Å². The van der Waals surface area contributed by atoms with E-state index in [2.05, 4.69) is 5.92 Å². The lowest BCUT2D eigenvalue weighted by Crippen LogP contribution is -2.23. The van der Waals surface area contributed by atoms with Crippen LogP contribution in [-0.4, -0.2) is 25.2 Å². The highest BCUT2D eigenvalue weighted by Crippen LogP contribution is 2.14. The van der Waals surface area contributed by atoms with Crippen LogP contribution in [0.15, 0.2) is 24.3 Å². The molecule has 1 aromatic carbocycles. The maximum Gasteiger partial charge on any atom is 0.339 e. The standard InChI is InChI=1S/C13H15NO3/c1-3-7-16-13(15)11-5-4-6-12(8-11)17-9-10(2)14/h1,4-6,8,10H,7,9,14H2,2H3. The number of rotatable bonds is 5. The van der Waals surface area contributed by atoms with Gasteiger partial charge in [-0.15, -0.1) is 6.42 Å². The molecule has 4 nitrogen and oxygen atoms in total. The zero-order valence-corrected chi connectivity index (χ0v) is 9.68. The van der Waals surface area contributed by atoms with Crippen LogP contribution in [0.4, 0.5) is 0 Å². The number of ether oxygens (including phenoxy) is 2. The summed E-state index contributed by atoms with van der Waals surface area (Å²) in [6.45, 7) is 2.19. The van der Waals surface area contributed by atoms with Gasteiger partial charge in [0.05, 0.1) is 5.56 Å². The second-order valence-corrected chi connectivity index (χ2v) is 3.60. The summed E-state index contributed by atoms with van der Waals surface area (Å²) in [4.78, 5) is 11.5. The van der Waals surface area contributed by atoms with Gasteiger partial charge in [0.25, 0.3) is 0 Å². The van der Waals surface area contributed by atoms with Crippen molar-refractivity contribution in [1.82, 2.24) is 0 Å². The summed E-state index contributed by atoms with van der Waals surface area (Å²) in [5.41, 5.74) is 5.97. The third-order valence-electron chi connectivity index (χ3n) is 1.87. The molecule has 1 unspecified atom stereocenters. The average Bonchev–Trinajstić information content (AvgIpc) is 2.33. The molecule has 1 aromatic rings. The van der Waals surface area contributed by atoms with Crippen LogP contribution in [0, 0.1) is 12.3 Å². The summed E-state index contributed by atoms with van der Waals surface area (Å²) in [5.74, 6) is 2.35. The minimum absolute atomic E-state index is 0.0379. The van der Waals surface area contributed by atoms with Crippen LogP contribution in [0.2, 0.25) is 0 Å². The molecule has 0 aromatic heterocycles. The summed E-state index contributed by atoms with van der Waals surface area (Å²) >= 11 is 0. The molecule has 2 N–H and O–H groups in total. The Morgan fingerprint density at radius 2 is 2.35 bits per heavy atom. The van der Waals surface area contributed by atoms with Gasteiger partial charge in [0.1, 0.15) is 12.4 Å². The number of esters is 1. The fraction of sp³-hybridized carbons (Fsp3) is 0.308. The predicted octanol–water partition coefficient (Wildman–Crippen LogP) is 1.20. The van der Waals surface area contributed by atoms with Gasteiger partial charge in [-0.05, 0) is 25.1 Å². The molecule has 4 heteroatoms. The van der Waals surface area contributed by atoms with E-state index in [9.17, 15) is 4.79 Å². The first kappa shape index (κ1) is 13.1. The Kier molecular flexibility index (Phi) is 5.05. The monoisotopic (exact) mass is 233 g/mol. The minimum atomic E-state index is -0.464. The quantitative estimate of drug-likeness (QED) is 0.613. The van der Waals surface area contributed by atoms with Gasteiger partial charge >= 0.3 is 5.97 Å². The fourth-order valence-electron chi connectivity index (χ4n) is 1.13. The van der Waals surface area contributed by atoms with Crippen molar-refractivity contribution in [3.63, 3.8) is 0 Å². The molecule has 1 rings (SSSR count). The second-order valence-electron chi connectivity index (χ2n) is 3.60. The smallest absolute Gasteiger partial charge is 0.339 e.